The zero-order chi connectivity index (χ0) is 19.7. The quantitative estimate of drug-likeness (QED) is 0.371. The zero-order valence-electron chi connectivity index (χ0n) is 15.5. The molecule has 0 atom stereocenters. The summed E-state index contributed by atoms with van der Waals surface area (Å²) < 4.78 is 48.5. The van der Waals surface area contributed by atoms with E-state index in [1.54, 1.807) is 0 Å². The molecule has 0 fully saturated rings. The van der Waals surface area contributed by atoms with E-state index in [0.717, 1.165) is 6.04 Å². The van der Waals surface area contributed by atoms with Crippen molar-refractivity contribution < 1.29 is 17.9 Å². The van der Waals surface area contributed by atoms with Gasteiger partial charge in [-0.1, -0.05) is 44.6 Å². The highest BCUT2D eigenvalue weighted by Crippen LogP contribution is 2.42. The summed E-state index contributed by atoms with van der Waals surface area (Å²) in [6.45, 7) is 8.98. The first-order chi connectivity index (χ1) is 12.0. The van der Waals surface area contributed by atoms with Crippen LogP contribution in [0.3, 0.4) is 0 Å². The lowest BCUT2D eigenvalue weighted by molar-refractivity contribution is -0.137. The van der Waals surface area contributed by atoms with Crippen molar-refractivity contribution in [2.75, 3.05) is 12.3 Å². The highest BCUT2D eigenvalue weighted by atomic mass is 35.5. The lowest BCUT2D eigenvalue weighted by Crippen LogP contribution is -2.22. The van der Waals surface area contributed by atoms with E-state index in [0.29, 0.717) is 13.0 Å². The van der Waals surface area contributed by atoms with Crippen LogP contribution in [0.1, 0.15) is 24.6 Å². The van der Waals surface area contributed by atoms with Crippen LogP contribution in [0.4, 0.5) is 18.9 Å². The van der Waals surface area contributed by atoms with E-state index >= 15 is 0 Å². The monoisotopic (exact) mass is 407 g/mol. The number of pyridine rings is 1. The van der Waals surface area contributed by atoms with Crippen LogP contribution in [-0.4, -0.2) is 24.2 Å². The highest BCUT2D eigenvalue weighted by Gasteiger charge is 2.39. The van der Waals surface area contributed by atoms with Gasteiger partial charge in [0.05, 0.1) is 10.9 Å². The third-order valence-electron chi connectivity index (χ3n) is 4.11. The van der Waals surface area contributed by atoms with E-state index in [1.165, 1.54) is 10.6 Å². The number of fused-ring (bicyclic) bond motifs is 1. The second-order valence-electron chi connectivity index (χ2n) is 7.58. The Balaban J connectivity index is 2.54. The van der Waals surface area contributed by atoms with Crippen LogP contribution in [0.25, 0.3) is 11.0 Å². The fourth-order valence-corrected chi connectivity index (χ4v) is 3.81. The molecule has 4 nitrogen and oxygen atoms in total. The lowest BCUT2D eigenvalue weighted by atomic mass is 10.1. The van der Waals surface area contributed by atoms with E-state index in [1.807, 2.05) is 6.92 Å². The highest BCUT2D eigenvalue weighted by molar-refractivity contribution is 6.76. The van der Waals surface area contributed by atoms with Crippen LogP contribution in [0.15, 0.2) is 6.07 Å². The topological polar surface area (TPSA) is 53.1 Å². The summed E-state index contributed by atoms with van der Waals surface area (Å²) in [5, 5.41) is -0.0354. The van der Waals surface area contributed by atoms with Gasteiger partial charge in [-0.05, 0) is 18.5 Å². The van der Waals surface area contributed by atoms with E-state index in [4.69, 9.17) is 22.1 Å². The van der Waals surface area contributed by atoms with E-state index in [-0.39, 0.29) is 40.7 Å². The average molecular weight is 408 g/mol. The fraction of sp³-hybridized carbons (Fsp3) is 0.588. The van der Waals surface area contributed by atoms with Crippen molar-refractivity contribution >= 4 is 36.4 Å². The maximum absolute atomic E-state index is 13.8. The summed E-state index contributed by atoms with van der Waals surface area (Å²) in [6.07, 6.45) is -3.72. The third kappa shape index (κ3) is 4.72. The minimum absolute atomic E-state index is 0.000818. The van der Waals surface area contributed by atoms with Crippen LogP contribution >= 0.6 is 11.6 Å². The summed E-state index contributed by atoms with van der Waals surface area (Å²) >= 11 is 5.95. The Morgan fingerprint density at radius 2 is 1.96 bits per heavy atom. The fourth-order valence-electron chi connectivity index (χ4n) is 2.85. The minimum atomic E-state index is -4.53. The molecule has 2 aromatic rings. The van der Waals surface area contributed by atoms with E-state index in [2.05, 4.69) is 24.6 Å². The van der Waals surface area contributed by atoms with E-state index < -0.39 is 19.8 Å². The number of halogens is 4. The summed E-state index contributed by atoms with van der Waals surface area (Å²) in [6, 6.07) is 2.18. The Labute approximate surface area is 157 Å². The Bertz CT molecular complexity index is 784. The zero-order valence-corrected chi connectivity index (χ0v) is 17.3. The van der Waals surface area contributed by atoms with Gasteiger partial charge in [-0.25, -0.2) is 4.98 Å². The van der Waals surface area contributed by atoms with Gasteiger partial charge < -0.3 is 15.0 Å². The SMILES string of the molecule is CCCc1c(C(F)(F)F)c2c(N)cc(Cl)nc2n1COCC[Si](C)(C)C. The first-order valence-electron chi connectivity index (χ1n) is 8.57. The van der Waals surface area contributed by atoms with Crippen LogP contribution < -0.4 is 5.73 Å². The number of nitrogens with two attached hydrogens (primary N) is 1. The molecular weight excluding hydrogens is 383 g/mol. The third-order valence-corrected chi connectivity index (χ3v) is 6.00. The maximum Gasteiger partial charge on any atom is 0.418 e. The van der Waals surface area contributed by atoms with Crippen molar-refractivity contribution in [3.8, 4) is 0 Å². The van der Waals surface area contributed by atoms with Gasteiger partial charge in [0.15, 0.2) is 0 Å². The molecule has 0 saturated carbocycles. The van der Waals surface area contributed by atoms with Gasteiger partial charge in [-0.15, -0.1) is 0 Å². The molecule has 2 rings (SSSR count). The molecule has 0 radical (unpaired) electrons. The van der Waals surface area contributed by atoms with Gasteiger partial charge in [0.25, 0.3) is 0 Å². The predicted octanol–water partition coefficient (Wildman–Crippen LogP) is 5.56. The number of hydrogen-bond acceptors (Lipinski definition) is 3. The number of alkyl halides is 3. The lowest BCUT2D eigenvalue weighted by Gasteiger charge is -2.17. The molecule has 9 heteroatoms. The smallest absolute Gasteiger partial charge is 0.398 e. The van der Waals surface area contributed by atoms with Gasteiger partial charge in [-0.3, -0.25) is 0 Å². The Hall–Kier alpha value is -1.25. The van der Waals surface area contributed by atoms with Crippen molar-refractivity contribution in [1.82, 2.24) is 9.55 Å². The minimum Gasteiger partial charge on any atom is -0.398 e. The number of nitrogen functional groups attached to an aromatic ring is 1. The number of rotatable bonds is 7. The molecule has 0 unspecified atom stereocenters. The second-order valence-corrected chi connectivity index (χ2v) is 13.6. The van der Waals surface area contributed by atoms with Crippen molar-refractivity contribution in [1.29, 1.82) is 0 Å². The summed E-state index contributed by atoms with van der Waals surface area (Å²) in [7, 11) is -1.29. The number of anilines is 1. The van der Waals surface area contributed by atoms with Crippen LogP contribution in [0.2, 0.25) is 30.8 Å². The molecule has 26 heavy (non-hydrogen) atoms. The van der Waals surface area contributed by atoms with Gasteiger partial charge in [0, 0.05) is 26.1 Å². The Kier molecular flexibility index (Phi) is 6.30. The van der Waals surface area contributed by atoms with Gasteiger partial charge in [0.1, 0.15) is 17.5 Å². The molecule has 2 N–H and O–H groups in total. The first kappa shape index (κ1) is 21.1. The van der Waals surface area contributed by atoms with Crippen molar-refractivity contribution in [2.24, 2.45) is 0 Å². The van der Waals surface area contributed by atoms with Crippen LogP contribution in [0.5, 0.6) is 0 Å². The predicted molar refractivity (Wildman–Crippen MR) is 102 cm³/mol. The summed E-state index contributed by atoms with van der Waals surface area (Å²) in [5.41, 5.74) is 5.38. The molecule has 0 aliphatic heterocycles. The number of nitrogens with zero attached hydrogens (tertiary/aromatic N) is 2. The number of hydrogen-bond donors (Lipinski definition) is 1. The Morgan fingerprint density at radius 3 is 2.50 bits per heavy atom. The van der Waals surface area contributed by atoms with Gasteiger partial charge in [0.2, 0.25) is 0 Å². The molecule has 2 aromatic heterocycles. The molecule has 2 heterocycles. The normalized spacial score (nSPS) is 12.9. The number of aromatic nitrogens is 2. The molecule has 0 saturated heterocycles. The summed E-state index contributed by atoms with van der Waals surface area (Å²) in [4.78, 5) is 4.12. The molecule has 0 spiro atoms. The standard InChI is InChI=1S/C17H25ClF3N3OSi/c1-5-6-12-15(17(19,20)21)14-11(22)9-13(18)23-16(14)24(12)10-25-7-8-26(2,3)4/h9H,5-8,10H2,1-4H3,(H2,22,23). The molecular formula is C17H25ClF3N3OSi. The van der Waals surface area contributed by atoms with Crippen molar-refractivity contribution in [3.05, 3.63) is 22.5 Å². The van der Waals surface area contributed by atoms with Crippen LogP contribution in [-0.2, 0) is 24.1 Å². The average Bonchev–Trinajstić information content (AvgIpc) is 2.77. The van der Waals surface area contributed by atoms with Crippen molar-refractivity contribution in [2.45, 2.75) is 58.4 Å². The largest absolute Gasteiger partial charge is 0.418 e. The van der Waals surface area contributed by atoms with Gasteiger partial charge >= 0.3 is 6.18 Å². The molecule has 146 valence electrons. The van der Waals surface area contributed by atoms with Crippen molar-refractivity contribution in [3.63, 3.8) is 0 Å². The number of ether oxygens (including phenoxy) is 1. The summed E-state index contributed by atoms with van der Waals surface area (Å²) in [5.74, 6) is 0. The molecule has 0 bridgehead atoms. The van der Waals surface area contributed by atoms with E-state index in [9.17, 15) is 13.2 Å². The second kappa shape index (κ2) is 7.78. The molecule has 0 amide bonds. The maximum atomic E-state index is 13.8. The molecule has 0 aliphatic rings. The Morgan fingerprint density at radius 1 is 1.31 bits per heavy atom. The van der Waals surface area contributed by atoms with Gasteiger partial charge in [-0.2, -0.15) is 13.2 Å². The molecule has 0 aliphatic carbocycles. The molecule has 0 aromatic carbocycles. The van der Waals surface area contributed by atoms with Crippen LogP contribution in [0, 0.1) is 0 Å². The first-order valence-corrected chi connectivity index (χ1v) is 12.7.